The van der Waals surface area contributed by atoms with Crippen molar-refractivity contribution in [3.8, 4) is 5.75 Å². The van der Waals surface area contributed by atoms with Gasteiger partial charge in [0.1, 0.15) is 5.75 Å². The minimum absolute atomic E-state index is 0.0219. The molecule has 0 radical (unpaired) electrons. The van der Waals surface area contributed by atoms with Gasteiger partial charge in [-0.3, -0.25) is 4.79 Å². The highest BCUT2D eigenvalue weighted by Gasteiger charge is 2.22. The Labute approximate surface area is 111 Å². The van der Waals surface area contributed by atoms with Crippen molar-refractivity contribution in [3.05, 3.63) is 29.8 Å². The molecule has 0 spiro atoms. The van der Waals surface area contributed by atoms with Crippen LogP contribution in [0.25, 0.3) is 0 Å². The number of halogens is 1. The van der Waals surface area contributed by atoms with Crippen LogP contribution in [0.5, 0.6) is 5.75 Å². The molecule has 4 heteroatoms. The molecule has 0 saturated heterocycles. The molecule has 1 aromatic carbocycles. The van der Waals surface area contributed by atoms with Crippen molar-refractivity contribution in [1.29, 1.82) is 0 Å². The second-order valence-corrected chi connectivity index (χ2v) is 6.21. The van der Waals surface area contributed by atoms with E-state index in [1.54, 1.807) is 0 Å². The van der Waals surface area contributed by atoms with Crippen LogP contribution in [0.4, 0.5) is 0 Å². The average Bonchev–Trinajstić information content (AvgIpc) is 2.27. The van der Waals surface area contributed by atoms with E-state index in [9.17, 15) is 4.79 Å². The van der Waals surface area contributed by atoms with Gasteiger partial charge in [0, 0.05) is 6.54 Å². The number of ether oxygens (including phenoxy) is 1. The van der Waals surface area contributed by atoms with E-state index in [-0.39, 0.29) is 5.91 Å². The lowest BCUT2D eigenvalue weighted by Crippen LogP contribution is -2.36. The minimum atomic E-state index is -0.530. The predicted octanol–water partition coefficient (Wildman–Crippen LogP) is 2.88. The third-order valence-electron chi connectivity index (χ3n) is 2.23. The number of hydrogen-bond acceptors (Lipinski definition) is 2. The maximum atomic E-state index is 11.6. The zero-order valence-corrected chi connectivity index (χ0v) is 12.0. The van der Waals surface area contributed by atoms with Crippen LogP contribution in [0.1, 0.15) is 26.3 Å². The van der Waals surface area contributed by atoms with Crippen LogP contribution in [0.2, 0.25) is 0 Å². The monoisotopic (exact) mass is 299 g/mol. The Kier molecular flexibility index (Phi) is 5.00. The molecule has 17 heavy (non-hydrogen) atoms. The van der Waals surface area contributed by atoms with Crippen LogP contribution < -0.4 is 10.1 Å². The fraction of sp³-hybridized carbons (Fsp3) is 0.462. The molecule has 0 heterocycles. The quantitative estimate of drug-likeness (QED) is 0.849. The number of carbonyl (C=O) groups is 1. The van der Waals surface area contributed by atoms with Crippen LogP contribution >= 0.6 is 15.9 Å². The Bertz CT molecular complexity index is 368. The largest absolute Gasteiger partial charge is 0.494 e. The van der Waals surface area contributed by atoms with Gasteiger partial charge in [0.25, 0.3) is 0 Å². The highest BCUT2D eigenvalue weighted by molar-refractivity contribution is 9.10. The first kappa shape index (κ1) is 14.0. The van der Waals surface area contributed by atoms with Gasteiger partial charge in [-0.05, 0) is 38.5 Å². The molecule has 1 amide bonds. The Morgan fingerprint density at radius 2 is 1.94 bits per heavy atom. The Morgan fingerprint density at radius 3 is 2.41 bits per heavy atom. The van der Waals surface area contributed by atoms with E-state index in [2.05, 4.69) is 21.2 Å². The fourth-order valence-corrected chi connectivity index (χ4v) is 1.40. The molecule has 0 saturated carbocycles. The highest BCUT2D eigenvalue weighted by atomic mass is 79.9. The summed E-state index contributed by atoms with van der Waals surface area (Å²) in [5, 5.41) is 2.86. The summed E-state index contributed by atoms with van der Waals surface area (Å²) in [6.07, 6.45) is 0. The topological polar surface area (TPSA) is 38.3 Å². The van der Waals surface area contributed by atoms with Gasteiger partial charge in [-0.15, -0.1) is 0 Å². The van der Waals surface area contributed by atoms with E-state index in [0.717, 1.165) is 11.3 Å². The first-order valence-electron chi connectivity index (χ1n) is 5.62. The SMILES string of the molecule is CCOc1ccc(CNC(=O)C(C)(C)Br)cc1. The molecular formula is C13H18BrNO2. The van der Waals surface area contributed by atoms with Gasteiger partial charge in [0.2, 0.25) is 5.91 Å². The van der Waals surface area contributed by atoms with Gasteiger partial charge in [-0.1, -0.05) is 28.1 Å². The van der Waals surface area contributed by atoms with E-state index in [0.29, 0.717) is 13.2 Å². The van der Waals surface area contributed by atoms with E-state index in [4.69, 9.17) is 4.74 Å². The average molecular weight is 300 g/mol. The van der Waals surface area contributed by atoms with Crippen molar-refractivity contribution >= 4 is 21.8 Å². The van der Waals surface area contributed by atoms with Gasteiger partial charge < -0.3 is 10.1 Å². The molecule has 0 unspecified atom stereocenters. The molecule has 0 aliphatic heterocycles. The van der Waals surface area contributed by atoms with Crippen LogP contribution in [0.3, 0.4) is 0 Å². The summed E-state index contributed by atoms with van der Waals surface area (Å²) in [6.45, 7) is 6.78. The van der Waals surface area contributed by atoms with E-state index < -0.39 is 4.32 Å². The second-order valence-electron chi connectivity index (χ2n) is 4.23. The molecule has 3 nitrogen and oxygen atoms in total. The molecule has 1 rings (SSSR count). The first-order valence-corrected chi connectivity index (χ1v) is 6.41. The zero-order valence-electron chi connectivity index (χ0n) is 10.4. The number of alkyl halides is 1. The predicted molar refractivity (Wildman–Crippen MR) is 72.5 cm³/mol. The summed E-state index contributed by atoms with van der Waals surface area (Å²) >= 11 is 3.32. The molecule has 1 aromatic rings. The van der Waals surface area contributed by atoms with Crippen LogP contribution in [-0.2, 0) is 11.3 Å². The molecule has 0 atom stereocenters. The van der Waals surface area contributed by atoms with E-state index in [1.807, 2.05) is 45.0 Å². The number of amides is 1. The Morgan fingerprint density at radius 1 is 1.35 bits per heavy atom. The number of nitrogens with one attached hydrogen (secondary N) is 1. The number of rotatable bonds is 5. The Balaban J connectivity index is 2.50. The van der Waals surface area contributed by atoms with Crippen LogP contribution in [0.15, 0.2) is 24.3 Å². The molecule has 0 aromatic heterocycles. The summed E-state index contributed by atoms with van der Waals surface area (Å²) in [4.78, 5) is 11.6. The zero-order chi connectivity index (χ0) is 12.9. The van der Waals surface area contributed by atoms with Crippen molar-refractivity contribution < 1.29 is 9.53 Å². The van der Waals surface area contributed by atoms with Crippen molar-refractivity contribution in [2.24, 2.45) is 0 Å². The normalized spacial score (nSPS) is 11.1. The molecule has 0 aliphatic carbocycles. The molecular weight excluding hydrogens is 282 g/mol. The third kappa shape index (κ3) is 4.77. The molecule has 1 N–H and O–H groups in total. The lowest BCUT2D eigenvalue weighted by atomic mass is 10.2. The van der Waals surface area contributed by atoms with Gasteiger partial charge in [-0.25, -0.2) is 0 Å². The fourth-order valence-electron chi connectivity index (χ4n) is 1.26. The van der Waals surface area contributed by atoms with Crippen molar-refractivity contribution in [2.45, 2.75) is 31.6 Å². The summed E-state index contributed by atoms with van der Waals surface area (Å²) < 4.78 is 4.82. The standard InChI is InChI=1S/C13H18BrNO2/c1-4-17-11-7-5-10(6-8-11)9-15-12(16)13(2,3)14/h5-8H,4,9H2,1-3H3,(H,15,16). The smallest absolute Gasteiger partial charge is 0.236 e. The molecule has 0 aliphatic rings. The van der Waals surface area contributed by atoms with Gasteiger partial charge >= 0.3 is 0 Å². The number of hydrogen-bond donors (Lipinski definition) is 1. The Hall–Kier alpha value is -1.03. The maximum Gasteiger partial charge on any atom is 0.236 e. The van der Waals surface area contributed by atoms with Crippen LogP contribution in [0, 0.1) is 0 Å². The number of carbonyl (C=O) groups excluding carboxylic acids is 1. The van der Waals surface area contributed by atoms with Gasteiger partial charge in [0.15, 0.2) is 0 Å². The third-order valence-corrected chi connectivity index (χ3v) is 2.59. The lowest BCUT2D eigenvalue weighted by Gasteiger charge is -2.15. The van der Waals surface area contributed by atoms with Crippen LogP contribution in [-0.4, -0.2) is 16.8 Å². The molecule has 0 bridgehead atoms. The second kappa shape index (κ2) is 6.05. The minimum Gasteiger partial charge on any atom is -0.494 e. The van der Waals surface area contributed by atoms with Crippen molar-refractivity contribution in [1.82, 2.24) is 5.32 Å². The summed E-state index contributed by atoms with van der Waals surface area (Å²) in [5.74, 6) is 0.829. The van der Waals surface area contributed by atoms with Crippen molar-refractivity contribution in [3.63, 3.8) is 0 Å². The first-order chi connectivity index (χ1) is 7.93. The molecule has 94 valence electrons. The summed E-state index contributed by atoms with van der Waals surface area (Å²) in [5.41, 5.74) is 1.05. The summed E-state index contributed by atoms with van der Waals surface area (Å²) in [6, 6.07) is 7.72. The van der Waals surface area contributed by atoms with Gasteiger partial charge in [0.05, 0.1) is 10.9 Å². The lowest BCUT2D eigenvalue weighted by molar-refractivity contribution is -0.122. The maximum absolute atomic E-state index is 11.6. The molecule has 0 fully saturated rings. The van der Waals surface area contributed by atoms with E-state index >= 15 is 0 Å². The summed E-state index contributed by atoms with van der Waals surface area (Å²) in [7, 11) is 0. The highest BCUT2D eigenvalue weighted by Crippen LogP contribution is 2.16. The van der Waals surface area contributed by atoms with Gasteiger partial charge in [-0.2, -0.15) is 0 Å². The van der Waals surface area contributed by atoms with Crippen molar-refractivity contribution in [2.75, 3.05) is 6.61 Å². The van der Waals surface area contributed by atoms with E-state index in [1.165, 1.54) is 0 Å². The number of benzene rings is 1.